The van der Waals surface area contributed by atoms with Gasteiger partial charge in [-0.05, 0) is 36.7 Å². The van der Waals surface area contributed by atoms with Crippen LogP contribution in [0.5, 0.6) is 5.88 Å². The molecule has 0 atom stereocenters. The maximum Gasteiger partial charge on any atom is 0.258 e. The second-order valence-corrected chi connectivity index (χ2v) is 7.23. The third-order valence-corrected chi connectivity index (χ3v) is 5.29. The van der Waals surface area contributed by atoms with Gasteiger partial charge in [0, 0.05) is 23.6 Å². The van der Waals surface area contributed by atoms with Crippen LogP contribution in [0.2, 0.25) is 0 Å². The molecule has 0 spiro atoms. The number of fused-ring (bicyclic) bond motifs is 1. The van der Waals surface area contributed by atoms with E-state index in [0.717, 1.165) is 6.07 Å². The van der Waals surface area contributed by atoms with E-state index < -0.39 is 11.6 Å². The van der Waals surface area contributed by atoms with E-state index in [1.807, 2.05) is 0 Å². The molecular formula is C20H15F2N5O2S. The number of ether oxygens (including phenoxy) is 1. The molecule has 10 heteroatoms. The summed E-state index contributed by atoms with van der Waals surface area (Å²) in [5.41, 5.74) is 2.14. The van der Waals surface area contributed by atoms with Gasteiger partial charge in [0.05, 0.1) is 41.5 Å². The van der Waals surface area contributed by atoms with Gasteiger partial charge in [-0.15, -0.1) is 0 Å². The van der Waals surface area contributed by atoms with Crippen LogP contribution in [0.4, 0.5) is 14.5 Å². The number of aryl methyl sites for hydroxylation is 1. The van der Waals surface area contributed by atoms with E-state index >= 15 is 0 Å². The zero-order valence-electron chi connectivity index (χ0n) is 15.9. The van der Waals surface area contributed by atoms with Gasteiger partial charge in [0.2, 0.25) is 5.88 Å². The van der Waals surface area contributed by atoms with E-state index in [-0.39, 0.29) is 23.4 Å². The summed E-state index contributed by atoms with van der Waals surface area (Å²) >= 11 is 1.18. The highest BCUT2D eigenvalue weighted by Crippen LogP contribution is 2.24. The summed E-state index contributed by atoms with van der Waals surface area (Å²) in [4.78, 5) is 25.9. The number of rotatable bonds is 5. The van der Waals surface area contributed by atoms with E-state index in [2.05, 4.69) is 24.6 Å². The number of nitrogens with zero attached hydrogens (tertiary/aromatic N) is 4. The average molecular weight is 427 g/mol. The maximum atomic E-state index is 13.8. The number of aromatic nitrogens is 4. The first kappa shape index (κ1) is 19.8. The second-order valence-electron chi connectivity index (χ2n) is 6.38. The summed E-state index contributed by atoms with van der Waals surface area (Å²) in [6, 6.07) is 5.70. The molecule has 1 aromatic carbocycles. The van der Waals surface area contributed by atoms with Gasteiger partial charge < -0.3 is 10.1 Å². The van der Waals surface area contributed by atoms with Crippen LogP contribution in [0.15, 0.2) is 36.7 Å². The molecule has 0 aliphatic carbocycles. The summed E-state index contributed by atoms with van der Waals surface area (Å²) in [7, 11) is 1.51. The molecule has 4 rings (SSSR count). The highest BCUT2D eigenvalue weighted by atomic mass is 32.1. The molecule has 1 amide bonds. The van der Waals surface area contributed by atoms with E-state index in [4.69, 9.17) is 4.74 Å². The number of hydrogen-bond donors (Lipinski definition) is 1. The lowest BCUT2D eigenvalue weighted by Gasteiger charge is -2.08. The van der Waals surface area contributed by atoms with Gasteiger partial charge in [-0.25, -0.2) is 23.7 Å². The van der Waals surface area contributed by atoms with Gasteiger partial charge >= 0.3 is 0 Å². The third kappa shape index (κ3) is 3.81. The van der Waals surface area contributed by atoms with Crippen molar-refractivity contribution in [1.82, 2.24) is 19.3 Å². The Morgan fingerprint density at radius 2 is 2.00 bits per heavy atom. The van der Waals surface area contributed by atoms with Crippen molar-refractivity contribution < 1.29 is 18.3 Å². The number of nitrogens with one attached hydrogen (secondary N) is 1. The minimum atomic E-state index is -1.03. The molecule has 152 valence electrons. The monoisotopic (exact) mass is 427 g/mol. The lowest BCUT2D eigenvalue weighted by Crippen LogP contribution is -2.14. The number of benzene rings is 1. The van der Waals surface area contributed by atoms with Gasteiger partial charge in [-0.2, -0.15) is 4.37 Å². The SMILES string of the molecule is COc1ccc(NC(=O)c2c(C)nsc2Cc2cnc3c(F)c(F)ccc3n2)cn1. The quantitative estimate of drug-likeness (QED) is 0.519. The topological polar surface area (TPSA) is 89.9 Å². The lowest BCUT2D eigenvalue weighted by atomic mass is 10.1. The molecule has 1 N–H and O–H groups in total. The summed E-state index contributed by atoms with van der Waals surface area (Å²) in [6.45, 7) is 1.74. The number of carbonyl (C=O) groups excluding carboxylic acids is 1. The molecular weight excluding hydrogens is 412 g/mol. The van der Waals surface area contributed by atoms with Crippen LogP contribution < -0.4 is 10.1 Å². The fourth-order valence-electron chi connectivity index (χ4n) is 2.91. The lowest BCUT2D eigenvalue weighted by molar-refractivity contribution is 0.102. The van der Waals surface area contributed by atoms with E-state index in [9.17, 15) is 13.6 Å². The van der Waals surface area contributed by atoms with Crippen molar-refractivity contribution >= 4 is 34.2 Å². The number of methoxy groups -OCH3 is 1. The molecule has 0 bridgehead atoms. The van der Waals surface area contributed by atoms with Crippen molar-refractivity contribution in [2.45, 2.75) is 13.3 Å². The Morgan fingerprint density at radius 1 is 1.17 bits per heavy atom. The van der Waals surface area contributed by atoms with Crippen molar-refractivity contribution in [3.05, 3.63) is 70.1 Å². The number of anilines is 1. The van der Waals surface area contributed by atoms with Crippen LogP contribution >= 0.6 is 11.5 Å². The highest BCUT2D eigenvalue weighted by Gasteiger charge is 2.20. The van der Waals surface area contributed by atoms with Crippen molar-refractivity contribution in [3.63, 3.8) is 0 Å². The van der Waals surface area contributed by atoms with E-state index in [1.165, 1.54) is 37.1 Å². The summed E-state index contributed by atoms with van der Waals surface area (Å²) in [5, 5.41) is 2.79. The minimum absolute atomic E-state index is 0.135. The Kier molecular flexibility index (Phi) is 5.32. The Bertz CT molecular complexity index is 1240. The smallest absolute Gasteiger partial charge is 0.258 e. The average Bonchev–Trinajstić information content (AvgIpc) is 3.11. The largest absolute Gasteiger partial charge is 0.481 e. The van der Waals surface area contributed by atoms with Crippen LogP contribution in [-0.2, 0) is 6.42 Å². The number of pyridine rings is 1. The first-order chi connectivity index (χ1) is 14.5. The van der Waals surface area contributed by atoms with Crippen molar-refractivity contribution in [1.29, 1.82) is 0 Å². The van der Waals surface area contributed by atoms with Crippen molar-refractivity contribution in [3.8, 4) is 5.88 Å². The molecule has 0 fully saturated rings. The molecule has 0 aliphatic rings. The molecule has 7 nitrogen and oxygen atoms in total. The van der Waals surface area contributed by atoms with Crippen LogP contribution in [0.1, 0.15) is 26.6 Å². The van der Waals surface area contributed by atoms with Gasteiger partial charge in [0.25, 0.3) is 5.91 Å². The van der Waals surface area contributed by atoms with Gasteiger partial charge in [-0.1, -0.05) is 0 Å². The molecule has 0 saturated carbocycles. The molecule has 3 aromatic heterocycles. The first-order valence-electron chi connectivity index (χ1n) is 8.82. The highest BCUT2D eigenvalue weighted by molar-refractivity contribution is 7.06. The number of halogens is 2. The second kappa shape index (κ2) is 8.07. The zero-order valence-corrected chi connectivity index (χ0v) is 16.8. The third-order valence-electron chi connectivity index (χ3n) is 4.36. The number of amides is 1. The molecule has 0 aliphatic heterocycles. The molecule has 0 unspecified atom stereocenters. The Hall–Kier alpha value is -3.53. The van der Waals surface area contributed by atoms with E-state index in [1.54, 1.807) is 19.1 Å². The summed E-state index contributed by atoms with van der Waals surface area (Å²) in [6.07, 6.45) is 3.14. The Labute approximate surface area is 174 Å². The van der Waals surface area contributed by atoms with E-state index in [0.29, 0.717) is 33.4 Å². The first-order valence-corrected chi connectivity index (χ1v) is 9.59. The molecule has 3 heterocycles. The summed E-state index contributed by atoms with van der Waals surface area (Å²) in [5.74, 6) is -1.90. The Morgan fingerprint density at radius 3 is 2.73 bits per heavy atom. The maximum absolute atomic E-state index is 13.8. The van der Waals surface area contributed by atoms with Crippen molar-refractivity contribution in [2.75, 3.05) is 12.4 Å². The summed E-state index contributed by atoms with van der Waals surface area (Å²) < 4.78 is 36.5. The predicted octanol–water partition coefficient (Wildman–Crippen LogP) is 3.92. The molecule has 4 aromatic rings. The number of carbonyl (C=O) groups is 1. The van der Waals surface area contributed by atoms with Gasteiger partial charge in [-0.3, -0.25) is 4.79 Å². The number of hydrogen-bond acceptors (Lipinski definition) is 7. The normalized spacial score (nSPS) is 10.9. The van der Waals surface area contributed by atoms with Crippen LogP contribution in [0.25, 0.3) is 11.0 Å². The standard InChI is InChI=1S/C20H15F2N5O2S/c1-10-17(20(28)26-11-3-6-16(29-2)23-8-11)15(30-27-10)7-12-9-24-19-14(25-12)5-4-13(21)18(19)22/h3-6,8-9H,7H2,1-2H3,(H,26,28). The fourth-order valence-corrected chi connectivity index (χ4v) is 3.79. The predicted molar refractivity (Wildman–Crippen MR) is 108 cm³/mol. The molecule has 30 heavy (non-hydrogen) atoms. The van der Waals surface area contributed by atoms with Gasteiger partial charge in [0.15, 0.2) is 11.6 Å². The minimum Gasteiger partial charge on any atom is -0.481 e. The zero-order chi connectivity index (χ0) is 21.3. The Balaban J connectivity index is 1.59. The molecule has 0 radical (unpaired) electrons. The van der Waals surface area contributed by atoms with Crippen LogP contribution in [0, 0.1) is 18.6 Å². The van der Waals surface area contributed by atoms with Crippen LogP contribution in [-0.4, -0.2) is 32.3 Å². The van der Waals surface area contributed by atoms with Crippen LogP contribution in [0.3, 0.4) is 0 Å². The van der Waals surface area contributed by atoms with Gasteiger partial charge in [0.1, 0.15) is 5.52 Å². The fraction of sp³-hybridized carbons (Fsp3) is 0.150. The van der Waals surface area contributed by atoms with Crippen molar-refractivity contribution in [2.24, 2.45) is 0 Å². The molecule has 0 saturated heterocycles.